The van der Waals surface area contributed by atoms with Crippen molar-refractivity contribution in [3.05, 3.63) is 102 Å². The number of amides is 2. The second kappa shape index (κ2) is 10.0. The summed E-state index contributed by atoms with van der Waals surface area (Å²) in [6.07, 6.45) is 0.715. The van der Waals surface area contributed by atoms with Crippen molar-refractivity contribution in [1.82, 2.24) is 5.32 Å². The highest BCUT2D eigenvalue weighted by atomic mass is 16.2. The van der Waals surface area contributed by atoms with Crippen LogP contribution >= 0.6 is 0 Å². The van der Waals surface area contributed by atoms with Crippen molar-refractivity contribution in [3.8, 4) is 0 Å². The number of rotatable bonds is 8. The normalized spacial score (nSPS) is 10.3. The number of anilines is 1. The Bertz CT molecular complexity index is 1020. The molecule has 152 valence electrons. The fraction of sp³-hybridized carbons (Fsp3) is 0.125. The summed E-state index contributed by atoms with van der Waals surface area (Å²) >= 11 is 0. The Hall–Kier alpha value is -3.93. The van der Waals surface area contributed by atoms with Crippen LogP contribution in [0.4, 0.5) is 5.69 Å². The Morgan fingerprint density at radius 2 is 1.50 bits per heavy atom. The zero-order chi connectivity index (χ0) is 21.3. The molecule has 3 aromatic carbocycles. The number of nitrogen functional groups attached to an aromatic ring is 1. The molecular weight excluding hydrogens is 376 g/mol. The van der Waals surface area contributed by atoms with Gasteiger partial charge in [0, 0.05) is 23.4 Å². The Labute approximate surface area is 175 Å². The highest BCUT2D eigenvalue weighted by molar-refractivity contribution is 6.10. The predicted molar refractivity (Wildman–Crippen MR) is 119 cm³/mol. The number of carbonyl (C=O) groups is 2. The molecule has 4 N–H and O–H groups in total. The summed E-state index contributed by atoms with van der Waals surface area (Å²) in [6, 6.07) is 25.5. The zero-order valence-electron chi connectivity index (χ0n) is 16.5. The van der Waals surface area contributed by atoms with Crippen molar-refractivity contribution in [1.29, 1.82) is 5.41 Å². The first-order chi connectivity index (χ1) is 14.5. The number of nitrogens with two attached hydrogens (primary N) is 1. The van der Waals surface area contributed by atoms with Gasteiger partial charge in [0.25, 0.3) is 5.91 Å². The number of hydrogen-bond donors (Lipinski definition) is 3. The molecule has 0 aliphatic carbocycles. The van der Waals surface area contributed by atoms with Crippen molar-refractivity contribution >= 4 is 23.3 Å². The molecule has 6 nitrogen and oxygen atoms in total. The maximum Gasteiger partial charge on any atom is 0.258 e. The van der Waals surface area contributed by atoms with E-state index in [1.165, 1.54) is 4.90 Å². The molecule has 0 aliphatic heterocycles. The highest BCUT2D eigenvalue weighted by Gasteiger charge is 2.21. The maximum atomic E-state index is 13.2. The van der Waals surface area contributed by atoms with Crippen LogP contribution in [0.3, 0.4) is 0 Å². The lowest BCUT2D eigenvalue weighted by atomic mass is 10.1. The molecule has 0 radical (unpaired) electrons. The van der Waals surface area contributed by atoms with E-state index in [-0.39, 0.29) is 24.2 Å². The van der Waals surface area contributed by atoms with Gasteiger partial charge in [0.05, 0.1) is 0 Å². The minimum Gasteiger partial charge on any atom is -0.384 e. The monoisotopic (exact) mass is 400 g/mol. The van der Waals surface area contributed by atoms with Gasteiger partial charge in [0.15, 0.2) is 0 Å². The van der Waals surface area contributed by atoms with Crippen molar-refractivity contribution in [2.75, 3.05) is 18.0 Å². The third-order valence-electron chi connectivity index (χ3n) is 4.61. The van der Waals surface area contributed by atoms with Crippen LogP contribution < -0.4 is 16.0 Å². The van der Waals surface area contributed by atoms with Crippen LogP contribution in [0.25, 0.3) is 0 Å². The van der Waals surface area contributed by atoms with Gasteiger partial charge in [0.2, 0.25) is 5.91 Å². The SMILES string of the molecule is N=C(N)c1cccc(C(=O)N(CC(=O)NCCc2ccccc2)c2ccccc2)c1. The fourth-order valence-corrected chi connectivity index (χ4v) is 3.05. The fourth-order valence-electron chi connectivity index (χ4n) is 3.05. The number of hydrogen-bond acceptors (Lipinski definition) is 3. The van der Waals surface area contributed by atoms with Crippen LogP contribution in [-0.4, -0.2) is 30.7 Å². The lowest BCUT2D eigenvalue weighted by molar-refractivity contribution is -0.119. The molecule has 0 bridgehead atoms. The molecule has 0 spiro atoms. The molecule has 0 saturated heterocycles. The van der Waals surface area contributed by atoms with Crippen LogP contribution in [0, 0.1) is 5.41 Å². The van der Waals surface area contributed by atoms with E-state index in [1.807, 2.05) is 48.5 Å². The minimum atomic E-state index is -0.331. The topological polar surface area (TPSA) is 99.3 Å². The lowest BCUT2D eigenvalue weighted by Crippen LogP contribution is -2.41. The van der Waals surface area contributed by atoms with Gasteiger partial charge in [-0.05, 0) is 36.2 Å². The molecule has 30 heavy (non-hydrogen) atoms. The zero-order valence-corrected chi connectivity index (χ0v) is 16.5. The Morgan fingerprint density at radius 1 is 0.867 bits per heavy atom. The number of amidine groups is 1. The van der Waals surface area contributed by atoms with Gasteiger partial charge < -0.3 is 11.1 Å². The second-order valence-electron chi connectivity index (χ2n) is 6.81. The van der Waals surface area contributed by atoms with E-state index < -0.39 is 0 Å². The molecule has 0 aliphatic rings. The van der Waals surface area contributed by atoms with E-state index in [1.54, 1.807) is 36.4 Å². The Kier molecular flexibility index (Phi) is 6.95. The van der Waals surface area contributed by atoms with Crippen molar-refractivity contribution in [2.24, 2.45) is 5.73 Å². The lowest BCUT2D eigenvalue weighted by Gasteiger charge is -2.23. The smallest absolute Gasteiger partial charge is 0.258 e. The summed E-state index contributed by atoms with van der Waals surface area (Å²) in [5.74, 6) is -0.692. The van der Waals surface area contributed by atoms with Crippen LogP contribution in [0.2, 0.25) is 0 Å². The molecule has 3 rings (SSSR count). The van der Waals surface area contributed by atoms with E-state index in [0.717, 1.165) is 5.56 Å². The number of nitrogens with one attached hydrogen (secondary N) is 2. The first kappa shape index (κ1) is 20.8. The van der Waals surface area contributed by atoms with Crippen molar-refractivity contribution < 1.29 is 9.59 Å². The van der Waals surface area contributed by atoms with E-state index in [4.69, 9.17) is 11.1 Å². The van der Waals surface area contributed by atoms with Gasteiger partial charge in [-0.25, -0.2) is 0 Å². The molecule has 0 aromatic heterocycles. The maximum absolute atomic E-state index is 13.2. The molecule has 0 atom stereocenters. The minimum absolute atomic E-state index is 0.109. The molecule has 0 fully saturated rings. The number of para-hydroxylation sites is 1. The third kappa shape index (κ3) is 5.54. The summed E-state index contributed by atoms with van der Waals surface area (Å²) in [4.78, 5) is 27.2. The van der Waals surface area contributed by atoms with E-state index in [0.29, 0.717) is 29.8 Å². The van der Waals surface area contributed by atoms with Crippen molar-refractivity contribution in [2.45, 2.75) is 6.42 Å². The first-order valence-corrected chi connectivity index (χ1v) is 9.66. The van der Waals surface area contributed by atoms with Crippen LogP contribution in [-0.2, 0) is 11.2 Å². The molecular formula is C24H24N4O2. The average Bonchev–Trinajstić information content (AvgIpc) is 2.78. The van der Waals surface area contributed by atoms with Gasteiger partial charge in [-0.1, -0.05) is 60.7 Å². The Balaban J connectivity index is 1.73. The largest absolute Gasteiger partial charge is 0.384 e. The molecule has 3 aromatic rings. The summed E-state index contributed by atoms with van der Waals surface area (Å²) in [7, 11) is 0. The van der Waals surface area contributed by atoms with Crippen molar-refractivity contribution in [3.63, 3.8) is 0 Å². The molecule has 6 heteroatoms. The molecule has 0 heterocycles. The first-order valence-electron chi connectivity index (χ1n) is 9.66. The summed E-state index contributed by atoms with van der Waals surface area (Å²) in [5, 5.41) is 10.5. The number of nitrogens with zero attached hydrogens (tertiary/aromatic N) is 1. The van der Waals surface area contributed by atoms with Gasteiger partial charge >= 0.3 is 0 Å². The van der Waals surface area contributed by atoms with Gasteiger partial charge in [-0.2, -0.15) is 0 Å². The van der Waals surface area contributed by atoms with Crippen LogP contribution in [0.5, 0.6) is 0 Å². The van der Waals surface area contributed by atoms with E-state index in [2.05, 4.69) is 5.32 Å². The van der Waals surface area contributed by atoms with Crippen LogP contribution in [0.15, 0.2) is 84.9 Å². The summed E-state index contributed by atoms with van der Waals surface area (Å²) in [6.45, 7) is 0.376. The second-order valence-corrected chi connectivity index (χ2v) is 6.81. The van der Waals surface area contributed by atoms with Gasteiger partial charge in [-0.15, -0.1) is 0 Å². The average molecular weight is 400 g/mol. The number of carbonyl (C=O) groups excluding carboxylic acids is 2. The Morgan fingerprint density at radius 3 is 2.17 bits per heavy atom. The highest BCUT2D eigenvalue weighted by Crippen LogP contribution is 2.17. The van der Waals surface area contributed by atoms with E-state index in [9.17, 15) is 9.59 Å². The predicted octanol–water partition coefficient (Wildman–Crippen LogP) is 2.98. The van der Waals surface area contributed by atoms with Crippen LogP contribution in [0.1, 0.15) is 21.5 Å². The number of benzene rings is 3. The molecule has 2 amide bonds. The standard InChI is InChI=1S/C24H24N4O2/c25-23(26)19-10-7-11-20(16-19)24(30)28(21-12-5-2-6-13-21)17-22(29)27-15-14-18-8-3-1-4-9-18/h1-13,16H,14-15,17H2,(H3,25,26)(H,27,29). The summed E-state index contributed by atoms with van der Waals surface area (Å²) < 4.78 is 0. The van der Waals surface area contributed by atoms with Gasteiger partial charge in [0.1, 0.15) is 12.4 Å². The third-order valence-corrected chi connectivity index (χ3v) is 4.61. The molecule has 0 saturated carbocycles. The summed E-state index contributed by atoms with van der Waals surface area (Å²) in [5.41, 5.74) is 8.13. The molecule has 0 unspecified atom stereocenters. The van der Waals surface area contributed by atoms with Gasteiger partial charge in [-0.3, -0.25) is 19.9 Å². The van der Waals surface area contributed by atoms with E-state index >= 15 is 0 Å². The quantitative estimate of drug-likeness (QED) is 0.400.